The number of likely N-dealkylation sites (tertiary alicyclic amines) is 1. The highest BCUT2D eigenvalue weighted by atomic mass is 16.5. The molecule has 0 saturated carbocycles. The smallest absolute Gasteiger partial charge is 0.276 e. The molecule has 0 N–H and O–H groups in total. The van der Waals surface area contributed by atoms with Crippen molar-refractivity contribution >= 4 is 17.0 Å². The number of nitrogens with zero attached hydrogens (tertiary/aromatic N) is 5. The van der Waals surface area contributed by atoms with E-state index in [4.69, 9.17) is 9.15 Å². The molecule has 2 aliphatic rings. The van der Waals surface area contributed by atoms with Gasteiger partial charge in [0.15, 0.2) is 17.2 Å². The molecule has 8 nitrogen and oxygen atoms in total. The van der Waals surface area contributed by atoms with Gasteiger partial charge in [0.2, 0.25) is 0 Å². The summed E-state index contributed by atoms with van der Waals surface area (Å²) in [6, 6.07) is 7.80. The lowest BCUT2D eigenvalue weighted by Crippen LogP contribution is -2.38. The number of carbonyl (C=O) groups excluding carboxylic acids is 1. The minimum atomic E-state index is -0.0606. The minimum Gasteiger partial charge on any atom is -0.440 e. The Morgan fingerprint density at radius 1 is 1.18 bits per heavy atom. The molecule has 2 fully saturated rings. The van der Waals surface area contributed by atoms with Crippen molar-refractivity contribution in [2.75, 3.05) is 19.7 Å². The number of para-hydroxylation sites is 2. The van der Waals surface area contributed by atoms with E-state index in [1.165, 1.54) is 0 Å². The molecule has 4 heterocycles. The summed E-state index contributed by atoms with van der Waals surface area (Å²) in [5.74, 6) is 0.956. The van der Waals surface area contributed by atoms with Gasteiger partial charge in [-0.3, -0.25) is 4.79 Å². The summed E-state index contributed by atoms with van der Waals surface area (Å²) in [5, 5.41) is 8.17. The van der Waals surface area contributed by atoms with Gasteiger partial charge in [0, 0.05) is 25.6 Å². The van der Waals surface area contributed by atoms with Crippen LogP contribution in [-0.4, -0.2) is 56.6 Å². The molecule has 1 atom stereocenters. The number of aromatic nitrogens is 4. The van der Waals surface area contributed by atoms with Crippen LogP contribution in [-0.2, 0) is 11.3 Å². The van der Waals surface area contributed by atoms with Crippen molar-refractivity contribution < 1.29 is 13.9 Å². The normalized spacial score (nSPS) is 20.9. The van der Waals surface area contributed by atoms with Crippen LogP contribution in [0, 0.1) is 0 Å². The van der Waals surface area contributed by atoms with Crippen LogP contribution < -0.4 is 0 Å². The molecule has 8 heteroatoms. The number of hydrogen-bond donors (Lipinski definition) is 0. The van der Waals surface area contributed by atoms with Crippen molar-refractivity contribution in [1.82, 2.24) is 24.9 Å². The Morgan fingerprint density at radius 3 is 2.82 bits per heavy atom. The topological polar surface area (TPSA) is 86.3 Å². The van der Waals surface area contributed by atoms with E-state index in [0.29, 0.717) is 25.3 Å². The first-order chi connectivity index (χ1) is 13.8. The predicted octanol–water partition coefficient (Wildman–Crippen LogP) is 2.62. The van der Waals surface area contributed by atoms with Crippen LogP contribution in [0.2, 0.25) is 0 Å². The van der Waals surface area contributed by atoms with Crippen LogP contribution in [0.5, 0.6) is 0 Å². The second-order valence-electron chi connectivity index (χ2n) is 7.55. The lowest BCUT2D eigenvalue weighted by atomic mass is 9.96. The fraction of sp³-hybridized carbons (Fsp3) is 0.500. The summed E-state index contributed by atoms with van der Waals surface area (Å²) in [6.07, 6.45) is 5.70. The molecular weight excluding hydrogens is 358 g/mol. The van der Waals surface area contributed by atoms with E-state index in [1.54, 1.807) is 10.9 Å². The largest absolute Gasteiger partial charge is 0.440 e. The van der Waals surface area contributed by atoms with Crippen LogP contribution in [0.4, 0.5) is 0 Å². The van der Waals surface area contributed by atoms with Gasteiger partial charge in [-0.1, -0.05) is 17.3 Å². The van der Waals surface area contributed by atoms with Crippen LogP contribution in [0.1, 0.15) is 48.0 Å². The molecule has 0 spiro atoms. The second kappa shape index (κ2) is 7.35. The first-order valence-corrected chi connectivity index (χ1v) is 9.93. The predicted molar refractivity (Wildman–Crippen MR) is 101 cm³/mol. The van der Waals surface area contributed by atoms with Gasteiger partial charge < -0.3 is 14.1 Å². The van der Waals surface area contributed by atoms with E-state index in [2.05, 4.69) is 15.3 Å². The molecule has 0 bridgehead atoms. The number of amides is 1. The Kier molecular flexibility index (Phi) is 4.56. The van der Waals surface area contributed by atoms with Gasteiger partial charge in [-0.2, -0.15) is 0 Å². The number of ether oxygens (including phenoxy) is 1. The molecular formula is C20H23N5O3. The van der Waals surface area contributed by atoms with Crippen molar-refractivity contribution in [2.24, 2.45) is 0 Å². The number of benzene rings is 1. The monoisotopic (exact) mass is 381 g/mol. The molecule has 1 unspecified atom stereocenters. The summed E-state index contributed by atoms with van der Waals surface area (Å²) in [7, 11) is 0. The van der Waals surface area contributed by atoms with Gasteiger partial charge in [-0.15, -0.1) is 5.10 Å². The van der Waals surface area contributed by atoms with Gasteiger partial charge >= 0.3 is 0 Å². The molecule has 2 saturated heterocycles. The number of fused-ring (bicyclic) bond motifs is 1. The van der Waals surface area contributed by atoms with E-state index >= 15 is 0 Å². The van der Waals surface area contributed by atoms with Gasteiger partial charge in [-0.25, -0.2) is 9.67 Å². The van der Waals surface area contributed by atoms with E-state index < -0.39 is 0 Å². The maximum Gasteiger partial charge on any atom is 0.276 e. The standard InChI is InChI=1S/C20H23N5O3/c26-20(17-13-25(23-22-17)12-15-4-3-11-27-15)24-9-7-14(8-10-24)19-21-16-5-1-2-6-18(16)28-19/h1-2,5-6,13-15H,3-4,7-12H2. The number of carbonyl (C=O) groups is 1. The zero-order valence-corrected chi connectivity index (χ0v) is 15.7. The molecule has 146 valence electrons. The van der Waals surface area contributed by atoms with Crippen molar-refractivity contribution in [3.8, 4) is 0 Å². The Bertz CT molecular complexity index is 934. The van der Waals surface area contributed by atoms with Crippen molar-refractivity contribution in [2.45, 2.75) is 44.2 Å². The van der Waals surface area contributed by atoms with Crippen LogP contribution in [0.25, 0.3) is 11.1 Å². The Morgan fingerprint density at radius 2 is 2.04 bits per heavy atom. The molecule has 0 radical (unpaired) electrons. The lowest BCUT2D eigenvalue weighted by Gasteiger charge is -2.29. The van der Waals surface area contributed by atoms with E-state index in [1.807, 2.05) is 29.2 Å². The summed E-state index contributed by atoms with van der Waals surface area (Å²) in [6.45, 7) is 2.79. The molecule has 3 aromatic rings. The third-order valence-corrected chi connectivity index (χ3v) is 5.61. The highest BCUT2D eigenvalue weighted by Crippen LogP contribution is 2.30. The fourth-order valence-corrected chi connectivity index (χ4v) is 4.04. The van der Waals surface area contributed by atoms with Crippen molar-refractivity contribution in [3.63, 3.8) is 0 Å². The van der Waals surface area contributed by atoms with Crippen LogP contribution >= 0.6 is 0 Å². The Balaban J connectivity index is 1.20. The minimum absolute atomic E-state index is 0.0606. The number of piperidine rings is 1. The number of hydrogen-bond acceptors (Lipinski definition) is 6. The summed E-state index contributed by atoms with van der Waals surface area (Å²) in [5.41, 5.74) is 2.11. The number of rotatable bonds is 4. The summed E-state index contributed by atoms with van der Waals surface area (Å²) in [4.78, 5) is 19.2. The Hall–Kier alpha value is -2.74. The zero-order chi connectivity index (χ0) is 18.9. The van der Waals surface area contributed by atoms with Gasteiger partial charge in [0.05, 0.1) is 18.8 Å². The van der Waals surface area contributed by atoms with E-state index in [9.17, 15) is 4.79 Å². The first-order valence-electron chi connectivity index (χ1n) is 9.93. The average molecular weight is 381 g/mol. The quantitative estimate of drug-likeness (QED) is 0.690. The van der Waals surface area contributed by atoms with Crippen molar-refractivity contribution in [3.05, 3.63) is 42.0 Å². The number of oxazole rings is 1. The lowest BCUT2D eigenvalue weighted by molar-refractivity contribution is 0.0700. The Labute approximate surface area is 162 Å². The molecule has 1 amide bonds. The van der Waals surface area contributed by atoms with E-state index in [-0.39, 0.29) is 17.9 Å². The highest BCUT2D eigenvalue weighted by Gasteiger charge is 2.29. The SMILES string of the molecule is O=C(c1cn(CC2CCCO2)nn1)N1CCC(c2nc3ccccc3o2)CC1. The van der Waals surface area contributed by atoms with E-state index in [0.717, 1.165) is 49.3 Å². The highest BCUT2D eigenvalue weighted by molar-refractivity contribution is 5.92. The first kappa shape index (κ1) is 17.4. The van der Waals surface area contributed by atoms with Crippen molar-refractivity contribution in [1.29, 1.82) is 0 Å². The molecule has 28 heavy (non-hydrogen) atoms. The maximum atomic E-state index is 12.8. The third-order valence-electron chi connectivity index (χ3n) is 5.61. The fourth-order valence-electron chi connectivity index (χ4n) is 4.04. The molecule has 2 aromatic heterocycles. The summed E-state index contributed by atoms with van der Waals surface area (Å²) >= 11 is 0. The molecule has 2 aliphatic heterocycles. The molecule has 0 aliphatic carbocycles. The van der Waals surface area contributed by atoms with Gasteiger partial charge in [0.1, 0.15) is 5.52 Å². The third kappa shape index (κ3) is 3.40. The maximum absolute atomic E-state index is 12.8. The van der Waals surface area contributed by atoms with Crippen LogP contribution in [0.15, 0.2) is 34.9 Å². The summed E-state index contributed by atoms with van der Waals surface area (Å²) < 4.78 is 13.2. The molecule has 5 rings (SSSR count). The second-order valence-corrected chi connectivity index (χ2v) is 7.55. The van der Waals surface area contributed by atoms with Gasteiger partial charge in [0.25, 0.3) is 5.91 Å². The molecule has 1 aromatic carbocycles. The average Bonchev–Trinajstić information content (AvgIpc) is 3.48. The van der Waals surface area contributed by atoms with Gasteiger partial charge in [-0.05, 0) is 37.8 Å². The van der Waals surface area contributed by atoms with Crippen LogP contribution in [0.3, 0.4) is 0 Å². The zero-order valence-electron chi connectivity index (χ0n) is 15.7.